The first-order valence-corrected chi connectivity index (χ1v) is 8.02. The molecule has 1 N–H and O–H groups in total. The zero-order chi connectivity index (χ0) is 17.9. The van der Waals surface area contributed by atoms with E-state index in [0.717, 1.165) is 0 Å². The average molecular weight is 337 g/mol. The van der Waals surface area contributed by atoms with Gasteiger partial charge in [-0.3, -0.25) is 9.59 Å². The van der Waals surface area contributed by atoms with E-state index in [0.29, 0.717) is 12.0 Å². The van der Waals surface area contributed by atoms with E-state index in [1.54, 1.807) is 25.1 Å². The number of rotatable bonds is 9. The Morgan fingerprint density at radius 1 is 1.29 bits per heavy atom. The summed E-state index contributed by atoms with van der Waals surface area (Å²) >= 11 is 0. The van der Waals surface area contributed by atoms with Gasteiger partial charge in [-0.2, -0.15) is 0 Å². The number of aliphatic hydroxyl groups is 1. The van der Waals surface area contributed by atoms with Gasteiger partial charge < -0.3 is 14.7 Å². The fourth-order valence-corrected chi connectivity index (χ4v) is 2.20. The number of carbonyl (C=O) groups excluding carboxylic acids is 2. The lowest BCUT2D eigenvalue weighted by Crippen LogP contribution is -2.42. The van der Waals surface area contributed by atoms with Gasteiger partial charge in [0.25, 0.3) is 0 Å². The van der Waals surface area contributed by atoms with Crippen LogP contribution in [0.15, 0.2) is 30.3 Å². The van der Waals surface area contributed by atoms with E-state index in [1.165, 1.54) is 23.1 Å². The molecule has 0 heterocycles. The molecule has 0 radical (unpaired) electrons. The van der Waals surface area contributed by atoms with E-state index in [1.807, 2.05) is 6.92 Å². The molecule has 1 atom stereocenters. The van der Waals surface area contributed by atoms with Gasteiger partial charge in [0.15, 0.2) is 0 Å². The van der Waals surface area contributed by atoms with E-state index in [4.69, 9.17) is 4.74 Å². The van der Waals surface area contributed by atoms with Crippen LogP contribution in [0.1, 0.15) is 32.3 Å². The average Bonchev–Trinajstić information content (AvgIpc) is 2.58. The van der Waals surface area contributed by atoms with Crippen molar-refractivity contribution in [2.24, 2.45) is 0 Å². The van der Waals surface area contributed by atoms with Crippen LogP contribution in [0, 0.1) is 5.82 Å². The minimum atomic E-state index is -0.384. The largest absolute Gasteiger partial charge is 0.466 e. The van der Waals surface area contributed by atoms with Crippen molar-refractivity contribution >= 4 is 18.0 Å². The van der Waals surface area contributed by atoms with Gasteiger partial charge in [-0.15, -0.1) is 0 Å². The number of aliphatic hydroxyl groups excluding tert-OH is 1. The first-order valence-electron chi connectivity index (χ1n) is 8.02. The molecular weight excluding hydrogens is 313 g/mol. The van der Waals surface area contributed by atoms with Crippen LogP contribution in [0.5, 0.6) is 0 Å². The van der Waals surface area contributed by atoms with Crippen molar-refractivity contribution in [3.8, 4) is 0 Å². The summed E-state index contributed by atoms with van der Waals surface area (Å²) in [6.45, 7) is 3.85. The van der Waals surface area contributed by atoms with Crippen LogP contribution in [-0.4, -0.2) is 47.7 Å². The lowest BCUT2D eigenvalue weighted by Gasteiger charge is -2.28. The molecule has 0 aliphatic carbocycles. The summed E-state index contributed by atoms with van der Waals surface area (Å²) in [6, 6.07) is 5.37. The Kier molecular flexibility index (Phi) is 8.71. The molecular formula is C18H24FNO4. The number of carbonyl (C=O) groups is 2. The molecule has 1 unspecified atom stereocenters. The second-order valence-electron chi connectivity index (χ2n) is 5.22. The van der Waals surface area contributed by atoms with Gasteiger partial charge >= 0.3 is 5.97 Å². The molecule has 24 heavy (non-hydrogen) atoms. The van der Waals surface area contributed by atoms with E-state index in [-0.39, 0.29) is 49.9 Å². The number of nitrogens with zero attached hydrogens (tertiary/aromatic N) is 1. The van der Waals surface area contributed by atoms with Gasteiger partial charge in [0.05, 0.1) is 25.7 Å². The second kappa shape index (κ2) is 10.5. The van der Waals surface area contributed by atoms with Crippen LogP contribution >= 0.6 is 0 Å². The summed E-state index contributed by atoms with van der Waals surface area (Å²) in [4.78, 5) is 25.4. The highest BCUT2D eigenvalue weighted by molar-refractivity contribution is 5.92. The molecule has 0 saturated carbocycles. The Bertz CT molecular complexity index is 553. The smallest absolute Gasteiger partial charge is 0.307 e. The molecule has 5 nitrogen and oxygen atoms in total. The summed E-state index contributed by atoms with van der Waals surface area (Å²) in [5.74, 6) is -1.05. The van der Waals surface area contributed by atoms with E-state index < -0.39 is 0 Å². The summed E-state index contributed by atoms with van der Waals surface area (Å²) in [5, 5.41) is 9.45. The zero-order valence-electron chi connectivity index (χ0n) is 14.1. The van der Waals surface area contributed by atoms with Crippen LogP contribution in [0.2, 0.25) is 0 Å². The summed E-state index contributed by atoms with van der Waals surface area (Å²) in [5.41, 5.74) is 0.687. The number of halogens is 1. The van der Waals surface area contributed by atoms with Crippen molar-refractivity contribution in [1.82, 2.24) is 4.90 Å². The molecule has 1 aromatic rings. The first-order chi connectivity index (χ1) is 11.5. The highest BCUT2D eigenvalue weighted by Gasteiger charge is 2.21. The van der Waals surface area contributed by atoms with Crippen molar-refractivity contribution in [3.05, 3.63) is 41.7 Å². The molecule has 0 bridgehead atoms. The lowest BCUT2D eigenvalue weighted by atomic mass is 10.1. The van der Waals surface area contributed by atoms with Gasteiger partial charge in [-0.1, -0.05) is 19.1 Å². The Hall–Kier alpha value is -2.21. The van der Waals surface area contributed by atoms with Crippen molar-refractivity contribution in [2.75, 3.05) is 19.8 Å². The van der Waals surface area contributed by atoms with Crippen molar-refractivity contribution in [2.45, 2.75) is 32.7 Å². The Labute approximate surface area is 141 Å². The fraction of sp³-hybridized carbons (Fsp3) is 0.444. The predicted molar refractivity (Wildman–Crippen MR) is 89.6 cm³/mol. The van der Waals surface area contributed by atoms with Gasteiger partial charge in [-0.25, -0.2) is 4.39 Å². The molecule has 0 fully saturated rings. The Morgan fingerprint density at radius 3 is 2.50 bits per heavy atom. The molecule has 0 aliphatic heterocycles. The van der Waals surface area contributed by atoms with Gasteiger partial charge in [0.2, 0.25) is 5.91 Å². The normalized spacial score (nSPS) is 12.2. The maximum Gasteiger partial charge on any atom is 0.307 e. The van der Waals surface area contributed by atoms with Crippen molar-refractivity contribution < 1.29 is 23.8 Å². The number of benzene rings is 1. The molecule has 0 aliphatic rings. The van der Waals surface area contributed by atoms with Crippen molar-refractivity contribution in [3.63, 3.8) is 0 Å². The minimum Gasteiger partial charge on any atom is -0.466 e. The van der Waals surface area contributed by atoms with Gasteiger partial charge in [0, 0.05) is 12.6 Å². The molecule has 0 spiro atoms. The van der Waals surface area contributed by atoms with Gasteiger partial charge in [-0.05, 0) is 37.1 Å². The van der Waals surface area contributed by atoms with Crippen LogP contribution < -0.4 is 0 Å². The van der Waals surface area contributed by atoms with E-state index >= 15 is 0 Å². The maximum atomic E-state index is 12.9. The van der Waals surface area contributed by atoms with Gasteiger partial charge in [0.1, 0.15) is 5.82 Å². The molecule has 132 valence electrons. The number of hydrogen-bond donors (Lipinski definition) is 1. The SMILES string of the molecule is CCOC(=O)CCN(C(=O)/C=C/c1ccc(F)cc1)C(CC)CO. The zero-order valence-corrected chi connectivity index (χ0v) is 14.1. The van der Waals surface area contributed by atoms with E-state index in [2.05, 4.69) is 0 Å². The number of hydrogen-bond acceptors (Lipinski definition) is 4. The van der Waals surface area contributed by atoms with Crippen LogP contribution in [-0.2, 0) is 14.3 Å². The quantitative estimate of drug-likeness (QED) is 0.555. The number of esters is 1. The maximum absolute atomic E-state index is 12.9. The number of ether oxygens (including phenoxy) is 1. The standard InChI is InChI=1S/C18H24FNO4/c1-3-16(13-21)20(12-11-18(23)24-4-2)17(22)10-7-14-5-8-15(19)9-6-14/h5-10,16,21H,3-4,11-13H2,1-2H3/b10-7+. The monoisotopic (exact) mass is 337 g/mol. The van der Waals surface area contributed by atoms with Crippen LogP contribution in [0.3, 0.4) is 0 Å². The summed E-state index contributed by atoms with van der Waals surface area (Å²) in [6.07, 6.45) is 3.57. The third-order valence-electron chi connectivity index (χ3n) is 3.56. The molecule has 1 amide bonds. The third-order valence-corrected chi connectivity index (χ3v) is 3.56. The topological polar surface area (TPSA) is 66.8 Å². The predicted octanol–water partition coefficient (Wildman–Crippen LogP) is 2.39. The second-order valence-corrected chi connectivity index (χ2v) is 5.22. The molecule has 1 rings (SSSR count). The highest BCUT2D eigenvalue weighted by Crippen LogP contribution is 2.09. The minimum absolute atomic E-state index is 0.0699. The summed E-state index contributed by atoms with van der Waals surface area (Å²) in [7, 11) is 0. The highest BCUT2D eigenvalue weighted by atomic mass is 19.1. The Balaban J connectivity index is 2.78. The first kappa shape index (κ1) is 19.8. The number of amides is 1. The van der Waals surface area contributed by atoms with Crippen LogP contribution in [0.25, 0.3) is 6.08 Å². The molecule has 0 aromatic heterocycles. The van der Waals surface area contributed by atoms with Crippen molar-refractivity contribution in [1.29, 1.82) is 0 Å². The van der Waals surface area contributed by atoms with Crippen LogP contribution in [0.4, 0.5) is 4.39 Å². The lowest BCUT2D eigenvalue weighted by molar-refractivity contribution is -0.144. The third kappa shape index (κ3) is 6.50. The van der Waals surface area contributed by atoms with E-state index in [9.17, 15) is 19.1 Å². The fourth-order valence-electron chi connectivity index (χ4n) is 2.20. The Morgan fingerprint density at radius 2 is 1.96 bits per heavy atom. The molecule has 1 aromatic carbocycles. The molecule has 6 heteroatoms. The summed E-state index contributed by atoms with van der Waals surface area (Å²) < 4.78 is 17.7. The molecule has 0 saturated heterocycles.